The van der Waals surface area contributed by atoms with E-state index in [1.54, 1.807) is 35.6 Å². The minimum Gasteiger partial charge on any atom is -0.483 e. The number of benzene rings is 1. The van der Waals surface area contributed by atoms with E-state index in [1.807, 2.05) is 31.6 Å². The van der Waals surface area contributed by atoms with Gasteiger partial charge in [0.2, 0.25) is 0 Å². The van der Waals surface area contributed by atoms with Gasteiger partial charge in [0, 0.05) is 11.4 Å². The molecule has 0 aliphatic rings. The molecule has 27 heavy (non-hydrogen) atoms. The van der Waals surface area contributed by atoms with Crippen LogP contribution in [0.1, 0.15) is 27.2 Å². The molecule has 0 spiro atoms. The largest absolute Gasteiger partial charge is 0.483 e. The lowest BCUT2D eigenvalue weighted by Crippen LogP contribution is -2.34. The van der Waals surface area contributed by atoms with Crippen LogP contribution in [0.15, 0.2) is 58.3 Å². The summed E-state index contributed by atoms with van der Waals surface area (Å²) in [4.78, 5) is 15.6. The summed E-state index contributed by atoms with van der Waals surface area (Å²) < 4.78 is 24.5. The third-order valence-electron chi connectivity index (χ3n) is 4.04. The Morgan fingerprint density at radius 1 is 1.22 bits per heavy atom. The van der Waals surface area contributed by atoms with Crippen LogP contribution in [0.4, 0.5) is 4.39 Å². The maximum atomic E-state index is 13.6. The predicted octanol–water partition coefficient (Wildman–Crippen LogP) is 4.09. The fraction of sp³-hybridized carbons (Fsp3) is 0.250. The molecule has 3 rings (SSSR count). The van der Waals surface area contributed by atoms with Crippen molar-refractivity contribution in [2.24, 2.45) is 0 Å². The van der Waals surface area contributed by atoms with Crippen LogP contribution < -0.4 is 10.1 Å². The summed E-state index contributed by atoms with van der Waals surface area (Å²) in [5, 5.41) is 4.91. The summed E-state index contributed by atoms with van der Waals surface area (Å²) in [5.41, 5.74) is 0. The van der Waals surface area contributed by atoms with E-state index in [2.05, 4.69) is 10.2 Å². The third kappa shape index (κ3) is 4.96. The van der Waals surface area contributed by atoms with Gasteiger partial charge in [0.1, 0.15) is 12.4 Å². The molecule has 0 fully saturated rings. The topological polar surface area (TPSA) is 54.7 Å². The molecule has 0 saturated carbocycles. The lowest BCUT2D eigenvalue weighted by atomic mass is 10.2. The van der Waals surface area contributed by atoms with Crippen molar-refractivity contribution in [3.8, 4) is 5.75 Å². The normalized spacial score (nSPS) is 12.1. The van der Waals surface area contributed by atoms with Crippen LogP contribution in [0.25, 0.3) is 0 Å². The van der Waals surface area contributed by atoms with Crippen LogP contribution in [0.2, 0.25) is 0 Å². The molecule has 5 nitrogen and oxygen atoms in total. The molecule has 0 radical (unpaired) electrons. The van der Waals surface area contributed by atoms with Crippen LogP contribution in [0, 0.1) is 5.82 Å². The zero-order valence-corrected chi connectivity index (χ0v) is 16.0. The fourth-order valence-electron chi connectivity index (χ4n) is 2.58. The van der Waals surface area contributed by atoms with Crippen molar-refractivity contribution in [3.05, 3.63) is 76.1 Å². The highest BCUT2D eigenvalue weighted by atomic mass is 32.1. The van der Waals surface area contributed by atoms with Crippen molar-refractivity contribution < 1.29 is 18.3 Å². The van der Waals surface area contributed by atoms with Gasteiger partial charge in [-0.05, 0) is 49.8 Å². The van der Waals surface area contributed by atoms with Crippen molar-refractivity contribution in [1.29, 1.82) is 0 Å². The number of furan rings is 1. The summed E-state index contributed by atoms with van der Waals surface area (Å²) in [6.45, 7) is 0.512. The SMILES string of the molecule is CN(C)C(CNC(=O)c1ccc(COc2ccccc2F)o1)c1cccs1. The van der Waals surface area contributed by atoms with Crippen LogP contribution in [-0.2, 0) is 6.61 Å². The van der Waals surface area contributed by atoms with Crippen molar-refractivity contribution in [1.82, 2.24) is 10.2 Å². The Balaban J connectivity index is 1.56. The first-order valence-electron chi connectivity index (χ1n) is 8.48. The first-order valence-corrected chi connectivity index (χ1v) is 9.36. The molecule has 0 bridgehead atoms. The summed E-state index contributed by atoms with van der Waals surface area (Å²) in [6.07, 6.45) is 0. The van der Waals surface area contributed by atoms with Gasteiger partial charge in [0.15, 0.2) is 17.3 Å². The van der Waals surface area contributed by atoms with E-state index < -0.39 is 5.82 Å². The van der Waals surface area contributed by atoms with Crippen LogP contribution in [-0.4, -0.2) is 31.4 Å². The van der Waals surface area contributed by atoms with E-state index in [0.29, 0.717) is 12.3 Å². The lowest BCUT2D eigenvalue weighted by Gasteiger charge is -2.23. The number of hydrogen-bond donors (Lipinski definition) is 1. The number of thiophene rings is 1. The van der Waals surface area contributed by atoms with E-state index >= 15 is 0 Å². The molecule has 2 heterocycles. The molecule has 1 atom stereocenters. The first kappa shape index (κ1) is 19.1. The van der Waals surface area contributed by atoms with Crippen molar-refractivity contribution in [2.45, 2.75) is 12.6 Å². The summed E-state index contributed by atoms with van der Waals surface area (Å²) in [7, 11) is 3.95. The number of hydrogen-bond acceptors (Lipinski definition) is 5. The van der Waals surface area contributed by atoms with Crippen molar-refractivity contribution in [2.75, 3.05) is 20.6 Å². The van der Waals surface area contributed by atoms with Gasteiger partial charge in [-0.25, -0.2) is 4.39 Å². The van der Waals surface area contributed by atoms with Crippen molar-refractivity contribution in [3.63, 3.8) is 0 Å². The molecule has 3 aromatic rings. The number of para-hydroxylation sites is 1. The van der Waals surface area contributed by atoms with E-state index in [0.717, 1.165) is 0 Å². The standard InChI is InChI=1S/C20H21FN2O3S/c1-23(2)16(19-8-5-11-27-19)12-22-20(24)18-10-9-14(26-18)13-25-17-7-4-3-6-15(17)21/h3-11,16H,12-13H2,1-2H3,(H,22,24). The number of carbonyl (C=O) groups excluding carboxylic acids is 1. The maximum Gasteiger partial charge on any atom is 0.287 e. The Morgan fingerprint density at radius 3 is 2.74 bits per heavy atom. The zero-order valence-electron chi connectivity index (χ0n) is 15.1. The Hall–Kier alpha value is -2.64. The van der Waals surface area contributed by atoms with E-state index in [4.69, 9.17) is 9.15 Å². The molecule has 2 aromatic heterocycles. The fourth-order valence-corrected chi connectivity index (χ4v) is 3.51. The summed E-state index contributed by atoms with van der Waals surface area (Å²) in [5.74, 6) is 0.0576. The minimum atomic E-state index is -0.440. The second kappa shape index (κ2) is 8.83. The second-order valence-electron chi connectivity index (χ2n) is 6.19. The Morgan fingerprint density at radius 2 is 2.04 bits per heavy atom. The molecule has 1 unspecified atom stereocenters. The quantitative estimate of drug-likeness (QED) is 0.631. The third-order valence-corrected chi connectivity index (χ3v) is 5.02. The molecule has 1 aromatic carbocycles. The van der Waals surface area contributed by atoms with E-state index in [1.165, 1.54) is 17.0 Å². The van der Waals surface area contributed by atoms with Gasteiger partial charge in [0.25, 0.3) is 5.91 Å². The number of likely N-dealkylation sites (N-methyl/N-ethyl adjacent to an activating group) is 1. The Kier molecular flexibility index (Phi) is 6.26. The van der Waals surface area contributed by atoms with Crippen molar-refractivity contribution >= 4 is 17.2 Å². The molecule has 1 N–H and O–H groups in total. The minimum absolute atomic E-state index is 0.0454. The molecule has 142 valence electrons. The summed E-state index contributed by atoms with van der Waals surface area (Å²) in [6, 6.07) is 13.5. The second-order valence-corrected chi connectivity index (χ2v) is 7.17. The van der Waals surface area contributed by atoms with E-state index in [-0.39, 0.29) is 30.1 Å². The van der Waals surface area contributed by atoms with Gasteiger partial charge >= 0.3 is 0 Å². The monoisotopic (exact) mass is 388 g/mol. The van der Waals surface area contributed by atoms with Gasteiger partial charge in [-0.15, -0.1) is 11.3 Å². The average Bonchev–Trinajstić information content (AvgIpc) is 3.33. The van der Waals surface area contributed by atoms with Crippen LogP contribution in [0.3, 0.4) is 0 Å². The van der Waals surface area contributed by atoms with Gasteiger partial charge in [-0.3, -0.25) is 4.79 Å². The molecular weight excluding hydrogens is 367 g/mol. The first-order chi connectivity index (χ1) is 13.0. The number of ether oxygens (including phenoxy) is 1. The molecular formula is C20H21FN2O3S. The average molecular weight is 388 g/mol. The molecule has 0 aliphatic carbocycles. The number of rotatable bonds is 8. The summed E-state index contributed by atoms with van der Waals surface area (Å²) >= 11 is 1.65. The highest BCUT2D eigenvalue weighted by molar-refractivity contribution is 7.10. The molecule has 7 heteroatoms. The number of nitrogens with zero attached hydrogens (tertiary/aromatic N) is 1. The van der Waals surface area contributed by atoms with Crippen LogP contribution >= 0.6 is 11.3 Å². The Labute approximate surface area is 161 Å². The highest BCUT2D eigenvalue weighted by Gasteiger charge is 2.18. The number of amides is 1. The van der Waals surface area contributed by atoms with Crippen LogP contribution in [0.5, 0.6) is 5.75 Å². The number of halogens is 1. The Bertz CT molecular complexity index is 877. The predicted molar refractivity (Wildman–Crippen MR) is 103 cm³/mol. The molecule has 1 amide bonds. The zero-order chi connectivity index (χ0) is 19.2. The number of nitrogens with one attached hydrogen (secondary N) is 1. The van der Waals surface area contributed by atoms with Gasteiger partial charge in [-0.2, -0.15) is 0 Å². The maximum absolute atomic E-state index is 13.6. The van der Waals surface area contributed by atoms with Gasteiger partial charge in [-0.1, -0.05) is 18.2 Å². The van der Waals surface area contributed by atoms with Gasteiger partial charge < -0.3 is 19.4 Å². The molecule has 0 aliphatic heterocycles. The van der Waals surface area contributed by atoms with E-state index in [9.17, 15) is 9.18 Å². The van der Waals surface area contributed by atoms with Gasteiger partial charge in [0.05, 0.1) is 6.04 Å². The lowest BCUT2D eigenvalue weighted by molar-refractivity contribution is 0.0910. The number of carbonyl (C=O) groups is 1. The smallest absolute Gasteiger partial charge is 0.287 e. The highest BCUT2D eigenvalue weighted by Crippen LogP contribution is 2.22. The molecule has 0 saturated heterocycles.